The molecule has 2 aromatic heterocycles. The molecule has 0 aliphatic carbocycles. The van der Waals surface area contributed by atoms with Crippen molar-refractivity contribution in [2.75, 3.05) is 0 Å². The second-order valence-corrected chi connectivity index (χ2v) is 4.51. The van der Waals surface area contributed by atoms with Gasteiger partial charge in [0.2, 0.25) is 0 Å². The third-order valence-electron chi connectivity index (χ3n) is 3.24. The van der Waals surface area contributed by atoms with E-state index in [1.165, 1.54) is 17.0 Å². The van der Waals surface area contributed by atoms with E-state index in [2.05, 4.69) is 33.3 Å². The number of rotatable bonds is 3. The molecule has 4 nitrogen and oxygen atoms in total. The summed E-state index contributed by atoms with van der Waals surface area (Å²) in [4.78, 5) is 13.5. The highest BCUT2D eigenvalue weighted by Crippen LogP contribution is 2.18. The molecule has 18 heavy (non-hydrogen) atoms. The predicted octanol–water partition coefficient (Wildman–Crippen LogP) is 1.63. The molecule has 3 rings (SSSR count). The van der Waals surface area contributed by atoms with E-state index in [-0.39, 0.29) is 0 Å². The molecule has 92 valence electrons. The van der Waals surface area contributed by atoms with Crippen molar-refractivity contribution < 1.29 is 0 Å². The van der Waals surface area contributed by atoms with Crippen molar-refractivity contribution in [1.82, 2.24) is 20.3 Å². The van der Waals surface area contributed by atoms with E-state index in [0.29, 0.717) is 0 Å². The second-order valence-electron chi connectivity index (χ2n) is 4.51. The van der Waals surface area contributed by atoms with Gasteiger partial charge in [0.25, 0.3) is 0 Å². The van der Waals surface area contributed by atoms with Gasteiger partial charge in [-0.15, -0.1) is 0 Å². The molecule has 3 heterocycles. The smallest absolute Gasteiger partial charge is 0.133 e. The summed E-state index contributed by atoms with van der Waals surface area (Å²) in [6.07, 6.45) is 5.38. The molecule has 0 radical (unpaired) electrons. The van der Waals surface area contributed by atoms with Gasteiger partial charge in [-0.2, -0.15) is 0 Å². The molecular weight excluding hydrogens is 224 g/mol. The van der Waals surface area contributed by atoms with Gasteiger partial charge in [-0.25, -0.2) is 9.97 Å². The van der Waals surface area contributed by atoms with Crippen molar-refractivity contribution in [2.24, 2.45) is 0 Å². The predicted molar refractivity (Wildman–Crippen MR) is 69.0 cm³/mol. The molecule has 0 saturated carbocycles. The van der Waals surface area contributed by atoms with Crippen molar-refractivity contribution in [3.63, 3.8) is 0 Å². The fourth-order valence-corrected chi connectivity index (χ4v) is 2.35. The Morgan fingerprint density at radius 2 is 2.22 bits per heavy atom. The standard InChI is InChI=1S/C14H16N4/c1-2-12-11-8-16-9-13(11)18-14(17-12)6-10-4-3-5-15-7-10/h3-5,7,16H,2,6,8-9H2,1H3. The third kappa shape index (κ3) is 2.11. The number of aryl methyl sites for hydroxylation is 1. The molecule has 0 atom stereocenters. The number of aromatic nitrogens is 3. The summed E-state index contributed by atoms with van der Waals surface area (Å²) < 4.78 is 0. The summed E-state index contributed by atoms with van der Waals surface area (Å²) in [5.41, 5.74) is 4.81. The molecule has 0 saturated heterocycles. The lowest BCUT2D eigenvalue weighted by Gasteiger charge is -2.07. The maximum absolute atomic E-state index is 4.68. The molecule has 4 heteroatoms. The maximum atomic E-state index is 4.68. The maximum Gasteiger partial charge on any atom is 0.133 e. The molecule has 0 amide bonds. The largest absolute Gasteiger partial charge is 0.307 e. The van der Waals surface area contributed by atoms with Crippen LogP contribution in [0.4, 0.5) is 0 Å². The van der Waals surface area contributed by atoms with Crippen LogP contribution < -0.4 is 5.32 Å². The average molecular weight is 240 g/mol. The fraction of sp³-hybridized carbons (Fsp3) is 0.357. The van der Waals surface area contributed by atoms with Crippen LogP contribution in [0.25, 0.3) is 0 Å². The van der Waals surface area contributed by atoms with Gasteiger partial charge in [-0.3, -0.25) is 4.98 Å². The first-order valence-corrected chi connectivity index (χ1v) is 6.34. The Hall–Kier alpha value is -1.81. The zero-order chi connectivity index (χ0) is 12.4. The zero-order valence-corrected chi connectivity index (χ0v) is 10.5. The quantitative estimate of drug-likeness (QED) is 0.886. The van der Waals surface area contributed by atoms with Gasteiger partial charge in [0.1, 0.15) is 5.82 Å². The minimum Gasteiger partial charge on any atom is -0.307 e. The summed E-state index contributed by atoms with van der Waals surface area (Å²) in [5.74, 6) is 0.905. The van der Waals surface area contributed by atoms with Gasteiger partial charge in [0.05, 0.1) is 5.69 Å². The Balaban J connectivity index is 1.94. The first-order valence-electron chi connectivity index (χ1n) is 6.34. The van der Waals surface area contributed by atoms with Gasteiger partial charge < -0.3 is 5.32 Å². The summed E-state index contributed by atoms with van der Waals surface area (Å²) >= 11 is 0. The Labute approximate surface area is 107 Å². The number of nitrogens with zero attached hydrogens (tertiary/aromatic N) is 3. The number of hydrogen-bond acceptors (Lipinski definition) is 4. The minimum absolute atomic E-state index is 0.758. The van der Waals surface area contributed by atoms with E-state index < -0.39 is 0 Å². The number of pyridine rings is 1. The van der Waals surface area contributed by atoms with E-state index in [0.717, 1.165) is 37.3 Å². The summed E-state index contributed by atoms with van der Waals surface area (Å²) in [6.45, 7) is 3.92. The van der Waals surface area contributed by atoms with Crippen molar-refractivity contribution in [3.05, 3.63) is 52.9 Å². The normalized spacial score (nSPS) is 13.6. The van der Waals surface area contributed by atoms with Crippen LogP contribution in [0.3, 0.4) is 0 Å². The van der Waals surface area contributed by atoms with E-state index in [9.17, 15) is 0 Å². The van der Waals surface area contributed by atoms with Crippen LogP contribution in [0, 0.1) is 0 Å². The van der Waals surface area contributed by atoms with E-state index in [1.54, 1.807) is 6.20 Å². The third-order valence-corrected chi connectivity index (χ3v) is 3.24. The van der Waals surface area contributed by atoms with E-state index in [4.69, 9.17) is 0 Å². The monoisotopic (exact) mass is 240 g/mol. The Kier molecular flexibility index (Phi) is 3.02. The molecule has 1 aliphatic rings. The summed E-state index contributed by atoms with van der Waals surface area (Å²) in [6, 6.07) is 4.01. The molecule has 1 N–H and O–H groups in total. The molecule has 0 spiro atoms. The van der Waals surface area contributed by atoms with Crippen molar-refractivity contribution in [1.29, 1.82) is 0 Å². The fourth-order valence-electron chi connectivity index (χ4n) is 2.35. The van der Waals surface area contributed by atoms with E-state index >= 15 is 0 Å². The van der Waals surface area contributed by atoms with Crippen LogP contribution in [-0.2, 0) is 25.9 Å². The van der Waals surface area contributed by atoms with Gasteiger partial charge in [0.15, 0.2) is 0 Å². The van der Waals surface area contributed by atoms with Crippen LogP contribution >= 0.6 is 0 Å². The van der Waals surface area contributed by atoms with Gasteiger partial charge in [0, 0.05) is 43.2 Å². The lowest BCUT2D eigenvalue weighted by molar-refractivity contribution is 0.754. The minimum atomic E-state index is 0.758. The molecule has 0 aromatic carbocycles. The van der Waals surface area contributed by atoms with Gasteiger partial charge >= 0.3 is 0 Å². The van der Waals surface area contributed by atoms with E-state index in [1.807, 2.05) is 12.3 Å². The molecule has 0 unspecified atom stereocenters. The summed E-state index contributed by atoms with van der Waals surface area (Å²) in [7, 11) is 0. The first-order chi connectivity index (χ1) is 8.86. The highest BCUT2D eigenvalue weighted by Gasteiger charge is 2.17. The first kappa shape index (κ1) is 11.3. The van der Waals surface area contributed by atoms with Gasteiger partial charge in [-0.05, 0) is 18.1 Å². The Morgan fingerprint density at radius 1 is 1.28 bits per heavy atom. The Bertz CT molecular complexity index is 551. The SMILES string of the molecule is CCc1nc(Cc2cccnc2)nc2c1CNC2. The molecule has 0 bridgehead atoms. The van der Waals surface area contributed by atoms with Crippen LogP contribution in [0.15, 0.2) is 24.5 Å². The number of fused-ring (bicyclic) bond motifs is 1. The number of nitrogens with one attached hydrogen (secondary N) is 1. The van der Waals surface area contributed by atoms with Crippen molar-refractivity contribution in [3.8, 4) is 0 Å². The molecule has 1 aliphatic heterocycles. The van der Waals surface area contributed by atoms with Crippen LogP contribution in [0.2, 0.25) is 0 Å². The van der Waals surface area contributed by atoms with Crippen molar-refractivity contribution >= 4 is 0 Å². The molecular formula is C14H16N4. The highest BCUT2D eigenvalue weighted by molar-refractivity contribution is 5.30. The van der Waals surface area contributed by atoms with Crippen LogP contribution in [-0.4, -0.2) is 15.0 Å². The second kappa shape index (κ2) is 4.82. The topological polar surface area (TPSA) is 50.7 Å². The lowest BCUT2D eigenvalue weighted by atomic mass is 10.1. The summed E-state index contributed by atoms with van der Waals surface area (Å²) in [5, 5.41) is 3.34. The van der Waals surface area contributed by atoms with Crippen LogP contribution in [0.1, 0.15) is 35.3 Å². The number of hydrogen-bond donors (Lipinski definition) is 1. The lowest BCUT2D eigenvalue weighted by Crippen LogP contribution is -2.06. The molecule has 2 aromatic rings. The van der Waals surface area contributed by atoms with Crippen LogP contribution in [0.5, 0.6) is 0 Å². The zero-order valence-electron chi connectivity index (χ0n) is 10.5. The Morgan fingerprint density at radius 3 is 3.00 bits per heavy atom. The molecule has 0 fully saturated rings. The highest BCUT2D eigenvalue weighted by atomic mass is 15.0. The average Bonchev–Trinajstić information content (AvgIpc) is 2.87. The van der Waals surface area contributed by atoms with Crippen molar-refractivity contribution in [2.45, 2.75) is 32.9 Å². The van der Waals surface area contributed by atoms with Gasteiger partial charge in [-0.1, -0.05) is 13.0 Å².